The van der Waals surface area contributed by atoms with Crippen LogP contribution in [0.5, 0.6) is 0 Å². The van der Waals surface area contributed by atoms with Gasteiger partial charge in [0, 0.05) is 49.2 Å². The van der Waals surface area contributed by atoms with E-state index in [9.17, 15) is 9.00 Å². The SMILES string of the molecule is O=C(Nc1ccc(Cl)c(C2=NC=CCC=C2N2CCOCC2)c1)c1ccc(N2CCNS2=O)cc1. The lowest BCUT2D eigenvalue weighted by Gasteiger charge is -2.31. The summed E-state index contributed by atoms with van der Waals surface area (Å²) in [5, 5.41) is 3.53. The van der Waals surface area contributed by atoms with E-state index in [1.807, 2.05) is 12.1 Å². The Kier molecular flexibility index (Phi) is 7.29. The molecule has 3 aliphatic heterocycles. The van der Waals surface area contributed by atoms with Crippen LogP contribution in [0.1, 0.15) is 22.3 Å². The normalized spacial score (nSPS) is 20.3. The van der Waals surface area contributed by atoms with Gasteiger partial charge in [0.25, 0.3) is 5.91 Å². The Morgan fingerprint density at radius 2 is 1.91 bits per heavy atom. The molecule has 2 saturated heterocycles. The zero-order valence-electron chi connectivity index (χ0n) is 19.1. The highest BCUT2D eigenvalue weighted by Gasteiger charge is 2.23. The zero-order chi connectivity index (χ0) is 24.2. The molecule has 1 unspecified atom stereocenters. The highest BCUT2D eigenvalue weighted by atomic mass is 35.5. The topological polar surface area (TPSA) is 86.3 Å². The van der Waals surface area contributed by atoms with Gasteiger partial charge in [0.1, 0.15) is 0 Å². The first-order valence-electron chi connectivity index (χ1n) is 11.5. The molecule has 0 radical (unpaired) electrons. The predicted octanol–water partition coefficient (Wildman–Crippen LogP) is 3.50. The van der Waals surface area contributed by atoms with Gasteiger partial charge in [-0.1, -0.05) is 23.8 Å². The summed E-state index contributed by atoms with van der Waals surface area (Å²) in [6.07, 6.45) is 6.74. The van der Waals surface area contributed by atoms with Crippen molar-refractivity contribution in [3.8, 4) is 0 Å². The lowest BCUT2D eigenvalue weighted by atomic mass is 10.0. The van der Waals surface area contributed by atoms with E-state index in [4.69, 9.17) is 21.3 Å². The van der Waals surface area contributed by atoms with Crippen molar-refractivity contribution in [1.82, 2.24) is 9.62 Å². The molecule has 0 spiro atoms. The van der Waals surface area contributed by atoms with Crippen molar-refractivity contribution in [3.05, 3.63) is 82.7 Å². The van der Waals surface area contributed by atoms with Crippen LogP contribution in [0.15, 0.2) is 71.5 Å². The van der Waals surface area contributed by atoms with Crippen LogP contribution in [-0.2, 0) is 15.9 Å². The number of allylic oxidation sites excluding steroid dienone is 3. The predicted molar refractivity (Wildman–Crippen MR) is 140 cm³/mol. The van der Waals surface area contributed by atoms with Crippen molar-refractivity contribution < 1.29 is 13.7 Å². The molecule has 2 aromatic rings. The Hall–Kier alpha value is -2.98. The maximum Gasteiger partial charge on any atom is 0.255 e. The summed E-state index contributed by atoms with van der Waals surface area (Å²) in [6.45, 7) is 4.24. The van der Waals surface area contributed by atoms with E-state index >= 15 is 0 Å². The summed E-state index contributed by atoms with van der Waals surface area (Å²) in [6, 6.07) is 12.5. The first-order valence-corrected chi connectivity index (χ1v) is 13.0. The summed E-state index contributed by atoms with van der Waals surface area (Å²) < 4.78 is 22.1. The highest BCUT2D eigenvalue weighted by molar-refractivity contribution is 7.84. The number of nitrogens with zero attached hydrogens (tertiary/aromatic N) is 3. The fourth-order valence-electron chi connectivity index (χ4n) is 4.21. The average Bonchev–Trinajstić information content (AvgIpc) is 3.17. The van der Waals surface area contributed by atoms with Gasteiger partial charge in [-0.05, 0) is 48.9 Å². The highest BCUT2D eigenvalue weighted by Crippen LogP contribution is 2.28. The maximum atomic E-state index is 12.9. The summed E-state index contributed by atoms with van der Waals surface area (Å²) in [5.41, 5.74) is 4.49. The first-order chi connectivity index (χ1) is 17.1. The van der Waals surface area contributed by atoms with Crippen molar-refractivity contribution in [2.75, 3.05) is 49.0 Å². The summed E-state index contributed by atoms with van der Waals surface area (Å²) in [7, 11) is 0. The molecule has 2 N–H and O–H groups in total. The monoisotopic (exact) mass is 511 g/mol. The largest absolute Gasteiger partial charge is 0.378 e. The number of ether oxygens (including phenoxy) is 1. The third-order valence-corrected chi connectivity index (χ3v) is 7.56. The van der Waals surface area contributed by atoms with Crippen LogP contribution in [-0.4, -0.2) is 60.1 Å². The minimum atomic E-state index is -1.24. The number of halogens is 1. The van der Waals surface area contributed by atoms with Gasteiger partial charge in [-0.3, -0.25) is 14.1 Å². The first kappa shape index (κ1) is 23.7. The average molecular weight is 512 g/mol. The Bertz CT molecular complexity index is 1220. The van der Waals surface area contributed by atoms with E-state index in [-0.39, 0.29) is 5.91 Å². The summed E-state index contributed by atoms with van der Waals surface area (Å²) in [5.74, 6) is -0.239. The van der Waals surface area contributed by atoms with Crippen molar-refractivity contribution in [3.63, 3.8) is 0 Å². The molecule has 8 nitrogen and oxygen atoms in total. The molecule has 2 aromatic carbocycles. The fourth-order valence-corrected chi connectivity index (χ4v) is 5.41. The van der Waals surface area contributed by atoms with Gasteiger partial charge in [-0.25, -0.2) is 8.93 Å². The molecular formula is C25H26ClN5O3S. The van der Waals surface area contributed by atoms with Gasteiger partial charge >= 0.3 is 0 Å². The molecule has 0 aromatic heterocycles. The molecule has 0 saturated carbocycles. The van der Waals surface area contributed by atoms with Crippen LogP contribution < -0.4 is 14.3 Å². The summed E-state index contributed by atoms with van der Waals surface area (Å²) >= 11 is 5.37. The fraction of sp³-hybridized carbons (Fsp3) is 0.280. The number of rotatable bonds is 5. The number of hydrogen-bond donors (Lipinski definition) is 2. The van der Waals surface area contributed by atoms with Crippen molar-refractivity contribution >= 4 is 45.8 Å². The molecule has 1 atom stereocenters. The molecular weight excluding hydrogens is 486 g/mol. The lowest BCUT2D eigenvalue weighted by molar-refractivity contribution is 0.0564. The molecule has 2 fully saturated rings. The number of morpholine rings is 1. The van der Waals surface area contributed by atoms with Crippen molar-refractivity contribution in [1.29, 1.82) is 0 Å². The van der Waals surface area contributed by atoms with E-state index in [2.05, 4.69) is 21.0 Å². The smallest absolute Gasteiger partial charge is 0.255 e. The molecule has 0 bridgehead atoms. The molecule has 10 heteroatoms. The van der Waals surface area contributed by atoms with Crippen molar-refractivity contribution in [2.45, 2.75) is 6.42 Å². The van der Waals surface area contributed by atoms with E-state index in [1.165, 1.54) is 0 Å². The molecule has 35 heavy (non-hydrogen) atoms. The van der Waals surface area contributed by atoms with Gasteiger partial charge in [0.15, 0.2) is 11.2 Å². The Balaban J connectivity index is 1.36. The minimum Gasteiger partial charge on any atom is -0.378 e. The van der Waals surface area contributed by atoms with Gasteiger partial charge in [-0.15, -0.1) is 0 Å². The second-order valence-electron chi connectivity index (χ2n) is 8.23. The van der Waals surface area contributed by atoms with Crippen LogP contribution in [0.3, 0.4) is 0 Å². The number of aliphatic imine (C=N–C) groups is 1. The second kappa shape index (κ2) is 10.7. The minimum absolute atomic E-state index is 0.239. The van der Waals surface area contributed by atoms with Crippen LogP contribution >= 0.6 is 11.6 Å². The third-order valence-electron chi connectivity index (χ3n) is 5.99. The Morgan fingerprint density at radius 3 is 2.66 bits per heavy atom. The molecule has 3 heterocycles. The maximum absolute atomic E-state index is 12.9. The quantitative estimate of drug-likeness (QED) is 0.643. The zero-order valence-corrected chi connectivity index (χ0v) is 20.6. The van der Waals surface area contributed by atoms with Gasteiger partial charge in [-0.2, -0.15) is 0 Å². The van der Waals surface area contributed by atoms with Crippen LogP contribution in [0.25, 0.3) is 0 Å². The van der Waals surface area contributed by atoms with E-state index in [0.717, 1.165) is 42.2 Å². The third kappa shape index (κ3) is 5.33. The van der Waals surface area contributed by atoms with Gasteiger partial charge in [0.05, 0.1) is 35.3 Å². The van der Waals surface area contributed by atoms with Crippen LogP contribution in [0, 0.1) is 0 Å². The molecule has 182 valence electrons. The number of anilines is 2. The standard InChI is InChI=1S/C25H26ClN5O3S/c26-22-9-6-19(29-25(32)18-4-7-20(8-5-18)31-12-11-28-35(31)33)17-21(22)24-23(3-1-2-10-27-24)30-13-15-34-16-14-30/h2-10,17,28H,1,11-16H2,(H,29,32). The van der Waals surface area contributed by atoms with E-state index in [0.29, 0.717) is 42.6 Å². The molecule has 0 aliphatic carbocycles. The number of carbonyl (C=O) groups excluding carboxylic acids is 1. The number of nitrogens with one attached hydrogen (secondary N) is 2. The summed E-state index contributed by atoms with van der Waals surface area (Å²) in [4.78, 5) is 19.9. The molecule has 1 amide bonds. The van der Waals surface area contributed by atoms with Crippen LogP contribution in [0.2, 0.25) is 5.02 Å². The number of amides is 1. The molecule has 5 rings (SSSR count). The number of hydrogen-bond acceptors (Lipinski definition) is 5. The second-order valence-corrected chi connectivity index (χ2v) is 9.86. The van der Waals surface area contributed by atoms with E-state index < -0.39 is 11.2 Å². The van der Waals surface area contributed by atoms with E-state index in [1.54, 1.807) is 46.9 Å². The van der Waals surface area contributed by atoms with Crippen molar-refractivity contribution in [2.24, 2.45) is 4.99 Å². The Labute approximate surface area is 212 Å². The van der Waals surface area contributed by atoms with Gasteiger partial charge in [0.2, 0.25) is 0 Å². The Morgan fingerprint density at radius 1 is 1.11 bits per heavy atom. The molecule has 3 aliphatic rings. The number of carbonyl (C=O) groups is 1. The van der Waals surface area contributed by atoms with Crippen LogP contribution in [0.4, 0.5) is 11.4 Å². The lowest BCUT2D eigenvalue weighted by Crippen LogP contribution is -2.38. The van der Waals surface area contributed by atoms with Gasteiger partial charge < -0.3 is 15.0 Å². The number of benzene rings is 2.